The number of hydrogen-bond donors (Lipinski definition) is 2. The summed E-state index contributed by atoms with van der Waals surface area (Å²) in [4.78, 5) is 28.9. The quantitative estimate of drug-likeness (QED) is 0.366. The van der Waals surface area contributed by atoms with Gasteiger partial charge in [-0.3, -0.25) is 19.4 Å². The molecule has 0 bridgehead atoms. The first-order valence-corrected chi connectivity index (χ1v) is 9.34. The van der Waals surface area contributed by atoms with Crippen LogP contribution in [-0.4, -0.2) is 27.8 Å². The van der Waals surface area contributed by atoms with Crippen LogP contribution in [0.1, 0.15) is 23.9 Å². The molecular formula is C22H23N3O4. The van der Waals surface area contributed by atoms with Gasteiger partial charge in [-0.1, -0.05) is 25.1 Å². The van der Waals surface area contributed by atoms with Gasteiger partial charge in [-0.05, 0) is 47.9 Å². The monoisotopic (exact) mass is 393 g/mol. The first-order valence-electron chi connectivity index (χ1n) is 9.34. The Morgan fingerprint density at radius 1 is 1.24 bits per heavy atom. The van der Waals surface area contributed by atoms with Gasteiger partial charge in [-0.25, -0.2) is 10.5 Å². The van der Waals surface area contributed by atoms with Gasteiger partial charge >= 0.3 is 0 Å². The van der Waals surface area contributed by atoms with Crippen molar-refractivity contribution >= 4 is 22.9 Å². The van der Waals surface area contributed by atoms with E-state index in [0.717, 1.165) is 11.3 Å². The van der Waals surface area contributed by atoms with Gasteiger partial charge in [0.1, 0.15) is 11.6 Å². The summed E-state index contributed by atoms with van der Waals surface area (Å²) in [6, 6.07) is 13.0. The number of aromatic nitrogens is 2. The first-order chi connectivity index (χ1) is 14.0. The summed E-state index contributed by atoms with van der Waals surface area (Å²) in [6.07, 6.45) is 4.09. The number of ether oxygens (including phenoxy) is 1. The lowest BCUT2D eigenvalue weighted by Gasteiger charge is -2.13. The van der Waals surface area contributed by atoms with Gasteiger partial charge in [0.15, 0.2) is 0 Å². The fourth-order valence-corrected chi connectivity index (χ4v) is 3.13. The number of benzene rings is 2. The maximum Gasteiger partial charge on any atom is 0.267 e. The van der Waals surface area contributed by atoms with Crippen LogP contribution in [0.4, 0.5) is 0 Å². The molecule has 3 aromatic rings. The Morgan fingerprint density at radius 3 is 2.66 bits per heavy atom. The third kappa shape index (κ3) is 4.70. The highest BCUT2D eigenvalue weighted by molar-refractivity contribution is 5.91. The molecule has 1 aromatic heterocycles. The third-order valence-corrected chi connectivity index (χ3v) is 4.70. The van der Waals surface area contributed by atoms with E-state index in [2.05, 4.69) is 4.98 Å². The van der Waals surface area contributed by atoms with Crippen LogP contribution in [0.15, 0.2) is 53.3 Å². The van der Waals surface area contributed by atoms with Gasteiger partial charge in [0.05, 0.1) is 18.0 Å². The number of rotatable bonds is 7. The molecule has 0 atom stereocenters. The SMILES string of the molecule is CCc1nc2cc(/C=C/C(=O)NO)ccc2c(=O)n1CCc1ccc(OC)cc1. The van der Waals surface area contributed by atoms with Crippen molar-refractivity contribution in [1.29, 1.82) is 0 Å². The highest BCUT2D eigenvalue weighted by atomic mass is 16.5. The Balaban J connectivity index is 1.91. The molecule has 0 saturated heterocycles. The normalized spacial score (nSPS) is 11.1. The summed E-state index contributed by atoms with van der Waals surface area (Å²) in [6.45, 7) is 2.50. The van der Waals surface area contributed by atoms with Gasteiger partial charge < -0.3 is 4.74 Å². The van der Waals surface area contributed by atoms with E-state index in [9.17, 15) is 9.59 Å². The van der Waals surface area contributed by atoms with Crippen molar-refractivity contribution in [3.8, 4) is 5.75 Å². The zero-order valence-electron chi connectivity index (χ0n) is 16.4. The Labute approximate surface area is 168 Å². The van der Waals surface area contributed by atoms with E-state index < -0.39 is 5.91 Å². The lowest BCUT2D eigenvalue weighted by molar-refractivity contribution is -0.124. The van der Waals surface area contributed by atoms with Crippen molar-refractivity contribution in [3.05, 3.63) is 75.8 Å². The van der Waals surface area contributed by atoms with Crippen molar-refractivity contribution in [2.75, 3.05) is 7.11 Å². The van der Waals surface area contributed by atoms with Gasteiger partial charge in [0.25, 0.3) is 11.5 Å². The molecule has 0 radical (unpaired) electrons. The van der Waals surface area contributed by atoms with Crippen LogP contribution in [0, 0.1) is 0 Å². The molecular weight excluding hydrogens is 370 g/mol. The molecule has 2 N–H and O–H groups in total. The Bertz CT molecular complexity index is 1100. The molecule has 0 unspecified atom stereocenters. The average Bonchev–Trinajstić information content (AvgIpc) is 2.76. The Hall–Kier alpha value is -3.45. The molecule has 1 heterocycles. The average molecular weight is 393 g/mol. The summed E-state index contributed by atoms with van der Waals surface area (Å²) in [7, 11) is 1.63. The molecule has 3 rings (SSSR count). The summed E-state index contributed by atoms with van der Waals surface area (Å²) in [5.74, 6) is 0.889. The van der Waals surface area contributed by atoms with Crippen LogP contribution in [0.5, 0.6) is 5.75 Å². The molecule has 7 heteroatoms. The van der Waals surface area contributed by atoms with Crippen LogP contribution in [0.3, 0.4) is 0 Å². The number of carbonyl (C=O) groups is 1. The molecule has 1 amide bonds. The van der Waals surface area contributed by atoms with Crippen LogP contribution in [0.25, 0.3) is 17.0 Å². The van der Waals surface area contributed by atoms with E-state index in [1.165, 1.54) is 11.6 Å². The number of nitrogens with zero attached hydrogens (tertiary/aromatic N) is 2. The summed E-state index contributed by atoms with van der Waals surface area (Å²) < 4.78 is 6.90. The van der Waals surface area contributed by atoms with E-state index in [1.807, 2.05) is 31.2 Å². The molecule has 0 fully saturated rings. The Morgan fingerprint density at radius 2 is 2.00 bits per heavy atom. The minimum Gasteiger partial charge on any atom is -0.497 e. The zero-order valence-corrected chi connectivity index (χ0v) is 16.4. The van der Waals surface area contributed by atoms with Gasteiger partial charge in [0.2, 0.25) is 0 Å². The van der Waals surface area contributed by atoms with E-state index >= 15 is 0 Å². The number of hydroxylamine groups is 1. The van der Waals surface area contributed by atoms with Crippen LogP contribution in [0.2, 0.25) is 0 Å². The Kier molecular flexibility index (Phi) is 6.41. The highest BCUT2D eigenvalue weighted by Crippen LogP contribution is 2.15. The number of fused-ring (bicyclic) bond motifs is 1. The second-order valence-electron chi connectivity index (χ2n) is 6.52. The standard InChI is InChI=1S/C22H23N3O4/c1-3-20-23-19-14-16(7-11-21(26)24-28)6-10-18(19)22(27)25(20)13-12-15-4-8-17(29-2)9-5-15/h4-11,14,28H,3,12-13H2,1-2H3,(H,24,26)/b11-7+. The largest absolute Gasteiger partial charge is 0.497 e. The first kappa shape index (κ1) is 20.3. The maximum atomic E-state index is 13.0. The number of aryl methyl sites for hydroxylation is 2. The second kappa shape index (κ2) is 9.16. The van der Waals surface area contributed by atoms with Crippen LogP contribution in [-0.2, 0) is 24.2 Å². The topological polar surface area (TPSA) is 93.5 Å². The van der Waals surface area contributed by atoms with Gasteiger partial charge in [-0.15, -0.1) is 0 Å². The molecule has 2 aromatic carbocycles. The zero-order chi connectivity index (χ0) is 20.8. The van der Waals surface area contributed by atoms with Gasteiger partial charge in [-0.2, -0.15) is 0 Å². The fraction of sp³-hybridized carbons (Fsp3) is 0.227. The maximum absolute atomic E-state index is 13.0. The molecule has 0 saturated carbocycles. The van der Waals surface area contributed by atoms with Crippen molar-refractivity contribution in [2.45, 2.75) is 26.3 Å². The molecule has 0 aliphatic rings. The molecule has 29 heavy (non-hydrogen) atoms. The van der Waals surface area contributed by atoms with Crippen molar-refractivity contribution < 1.29 is 14.7 Å². The second-order valence-corrected chi connectivity index (χ2v) is 6.52. The molecule has 0 aliphatic carbocycles. The number of nitrogens with one attached hydrogen (secondary N) is 1. The predicted molar refractivity (Wildman–Crippen MR) is 111 cm³/mol. The lowest BCUT2D eigenvalue weighted by Crippen LogP contribution is -2.26. The van der Waals surface area contributed by atoms with E-state index in [0.29, 0.717) is 41.7 Å². The molecule has 7 nitrogen and oxygen atoms in total. The number of carbonyl (C=O) groups excluding carboxylic acids is 1. The van der Waals surface area contributed by atoms with Crippen LogP contribution >= 0.6 is 0 Å². The fourth-order valence-electron chi connectivity index (χ4n) is 3.13. The lowest BCUT2D eigenvalue weighted by atomic mass is 10.1. The summed E-state index contributed by atoms with van der Waals surface area (Å²) in [5.41, 5.74) is 3.87. The minimum atomic E-state index is -0.624. The van der Waals surface area contributed by atoms with Crippen LogP contribution < -0.4 is 15.8 Å². The predicted octanol–water partition coefficient (Wildman–Crippen LogP) is 2.73. The van der Waals surface area contributed by atoms with E-state index in [-0.39, 0.29) is 5.56 Å². The van der Waals surface area contributed by atoms with Gasteiger partial charge in [0, 0.05) is 19.0 Å². The van der Waals surface area contributed by atoms with E-state index in [4.69, 9.17) is 9.94 Å². The molecule has 0 aliphatic heterocycles. The number of amides is 1. The van der Waals surface area contributed by atoms with Crippen molar-refractivity contribution in [2.24, 2.45) is 0 Å². The number of methoxy groups -OCH3 is 1. The smallest absolute Gasteiger partial charge is 0.267 e. The highest BCUT2D eigenvalue weighted by Gasteiger charge is 2.10. The minimum absolute atomic E-state index is 0.0796. The summed E-state index contributed by atoms with van der Waals surface area (Å²) >= 11 is 0. The number of hydrogen-bond acceptors (Lipinski definition) is 5. The van der Waals surface area contributed by atoms with E-state index in [1.54, 1.807) is 36.0 Å². The third-order valence-electron chi connectivity index (χ3n) is 4.70. The molecule has 150 valence electrons. The summed E-state index contributed by atoms with van der Waals surface area (Å²) in [5, 5.41) is 9.09. The molecule has 0 spiro atoms. The van der Waals surface area contributed by atoms with Crippen molar-refractivity contribution in [3.63, 3.8) is 0 Å². The van der Waals surface area contributed by atoms with Crippen molar-refractivity contribution in [1.82, 2.24) is 15.0 Å².